The summed E-state index contributed by atoms with van der Waals surface area (Å²) in [6.07, 6.45) is 0. The molecule has 12 aromatic carbocycles. The van der Waals surface area contributed by atoms with Crippen LogP contribution in [0.5, 0.6) is 0 Å². The summed E-state index contributed by atoms with van der Waals surface area (Å²) in [5, 5.41) is 21.2. The van der Waals surface area contributed by atoms with Gasteiger partial charge in [0.25, 0.3) is 0 Å². The monoisotopic (exact) mass is 918 g/mol. The Morgan fingerprint density at radius 2 is 0.833 bits per heavy atom. The first-order valence-electron chi connectivity index (χ1n) is 23.9. The average molecular weight is 919 g/mol. The summed E-state index contributed by atoms with van der Waals surface area (Å²) in [5.41, 5.74) is 13.4. The lowest BCUT2D eigenvalue weighted by Crippen LogP contribution is -2.12. The molecule has 0 radical (unpaired) electrons. The fraction of sp³-hybridized carbons (Fsp3) is 0. The molecule has 2 heterocycles. The summed E-state index contributed by atoms with van der Waals surface area (Å²) in [7, 11) is 0. The second-order valence-electron chi connectivity index (χ2n) is 18.2. The van der Waals surface area contributed by atoms with Crippen molar-refractivity contribution in [1.82, 2.24) is 0 Å². The normalized spacial score (nSPS) is 11.6. The van der Waals surface area contributed by atoms with Crippen molar-refractivity contribution in [2.75, 3.05) is 9.80 Å². The molecule has 0 aliphatic carbocycles. The quantitative estimate of drug-likeness (QED) is 0.112. The topological polar surface area (TPSA) is 60.9 Å². The van der Waals surface area contributed by atoms with Crippen LogP contribution < -0.4 is 9.80 Å². The number of anilines is 6. The molecule has 0 saturated heterocycles. The Morgan fingerprint density at radius 1 is 0.375 bits per heavy atom. The van der Waals surface area contributed by atoms with Crippen LogP contribution in [0.3, 0.4) is 0 Å². The second-order valence-corrected chi connectivity index (χ2v) is 18.2. The largest absolute Gasteiger partial charge is 0.454 e. The van der Waals surface area contributed by atoms with E-state index < -0.39 is 0 Å². The van der Waals surface area contributed by atoms with Gasteiger partial charge >= 0.3 is 0 Å². The van der Waals surface area contributed by atoms with Crippen LogP contribution in [0.4, 0.5) is 39.8 Å². The highest BCUT2D eigenvalue weighted by Gasteiger charge is 2.27. The average Bonchev–Trinajstić information content (AvgIpc) is 4.03. The molecule has 0 unspecified atom stereocenters. The molecular weight excluding hydrogens is 881 g/mol. The molecule has 0 spiro atoms. The minimum atomic E-state index is 0.533. The van der Waals surface area contributed by atoms with Gasteiger partial charge in [0, 0.05) is 43.7 Å². The van der Waals surface area contributed by atoms with Gasteiger partial charge in [-0.2, -0.15) is 5.26 Å². The molecule has 0 aliphatic rings. The lowest BCUT2D eigenvalue weighted by molar-refractivity contribution is 0.669. The van der Waals surface area contributed by atoms with Crippen molar-refractivity contribution in [2.45, 2.75) is 0 Å². The first-order chi connectivity index (χ1) is 35.6. The third kappa shape index (κ3) is 6.41. The van der Waals surface area contributed by atoms with Gasteiger partial charge in [-0.1, -0.05) is 158 Å². The molecule has 0 aliphatic heterocycles. The molecule has 0 bridgehead atoms. The molecule has 72 heavy (non-hydrogen) atoms. The van der Waals surface area contributed by atoms with Crippen molar-refractivity contribution in [3.8, 4) is 28.3 Å². The fourth-order valence-electron chi connectivity index (χ4n) is 11.0. The van der Waals surface area contributed by atoms with Crippen LogP contribution in [0.15, 0.2) is 239 Å². The first kappa shape index (κ1) is 40.9. The third-order valence-electron chi connectivity index (χ3n) is 14.2. The van der Waals surface area contributed by atoms with E-state index in [0.717, 1.165) is 133 Å². The van der Waals surface area contributed by atoms with Gasteiger partial charge in [-0.25, -0.2) is 4.85 Å². The van der Waals surface area contributed by atoms with Crippen LogP contribution in [0.1, 0.15) is 5.56 Å². The summed E-state index contributed by atoms with van der Waals surface area (Å²) in [6, 6.07) is 81.8. The van der Waals surface area contributed by atoms with E-state index in [1.54, 1.807) is 0 Å². The van der Waals surface area contributed by atoms with Crippen LogP contribution >= 0.6 is 0 Å². The minimum absolute atomic E-state index is 0.533. The van der Waals surface area contributed by atoms with Gasteiger partial charge in [-0.15, -0.1) is 0 Å². The van der Waals surface area contributed by atoms with Gasteiger partial charge in [0.1, 0.15) is 11.2 Å². The number of nitriles is 1. The van der Waals surface area contributed by atoms with E-state index >= 15 is 0 Å². The molecule has 14 rings (SSSR count). The summed E-state index contributed by atoms with van der Waals surface area (Å²) in [4.78, 5) is 8.56. The van der Waals surface area contributed by atoms with Crippen LogP contribution in [0.25, 0.3) is 103 Å². The number of fused-ring (bicyclic) bond motifs is 6. The molecule has 2 aromatic heterocycles. The first-order valence-corrected chi connectivity index (χ1v) is 23.9. The van der Waals surface area contributed by atoms with Gasteiger partial charge in [-0.3, -0.25) is 0 Å². The van der Waals surface area contributed by atoms with E-state index in [1.807, 2.05) is 97.1 Å². The minimum Gasteiger partial charge on any atom is -0.454 e. The standard InChI is InChI=1S/C66H38N4O2/c1-68-48-36-47(43-16-6-3-7-17-43)38-50(39-48)70(60-23-13-21-54-52-19-9-11-25-62(52)72-66(54)60)58-33-29-45-26-30-55-57(32-28-44-27-31-56(58)64(45)63(44)55)69(49-35-41(40-67)34-46(37-49)42-14-4-2-5-15-42)59-22-12-20-53-51-18-8-10-24-61(51)71-65(53)59/h2-39H. The maximum absolute atomic E-state index is 10.6. The SMILES string of the molecule is [C-]#[N+]c1cc(-c2ccccc2)cc(N(c2ccc3ccc4c(N(c5cc(C#N)cc(-c6ccccc6)c5)c5cccc6c5oc5ccccc56)ccc5ccc2c3c54)c2cccc3c2oc2ccccc23)c1. The highest BCUT2D eigenvalue weighted by atomic mass is 16.3. The Morgan fingerprint density at radius 3 is 1.35 bits per heavy atom. The van der Waals surface area contributed by atoms with Crippen molar-refractivity contribution >= 4 is 116 Å². The van der Waals surface area contributed by atoms with Gasteiger partial charge < -0.3 is 18.6 Å². The van der Waals surface area contributed by atoms with Crippen molar-refractivity contribution < 1.29 is 8.83 Å². The van der Waals surface area contributed by atoms with Crippen LogP contribution in [-0.2, 0) is 0 Å². The Kier molecular flexibility index (Phi) is 9.23. The summed E-state index contributed by atoms with van der Waals surface area (Å²) in [5.74, 6) is 0. The Balaban J connectivity index is 1.05. The lowest BCUT2D eigenvalue weighted by Gasteiger charge is -2.30. The highest BCUT2D eigenvalue weighted by molar-refractivity contribution is 6.29. The van der Waals surface area contributed by atoms with E-state index in [0.29, 0.717) is 11.3 Å². The predicted molar refractivity (Wildman–Crippen MR) is 296 cm³/mol. The van der Waals surface area contributed by atoms with Gasteiger partial charge in [0.15, 0.2) is 16.9 Å². The van der Waals surface area contributed by atoms with Crippen molar-refractivity contribution in [3.63, 3.8) is 0 Å². The molecule has 6 heteroatoms. The van der Waals surface area contributed by atoms with Gasteiger partial charge in [0.2, 0.25) is 0 Å². The van der Waals surface area contributed by atoms with E-state index in [-0.39, 0.29) is 0 Å². The van der Waals surface area contributed by atoms with Crippen molar-refractivity contribution in [1.29, 1.82) is 5.26 Å². The zero-order valence-electron chi connectivity index (χ0n) is 38.5. The Bertz CT molecular complexity index is 4270. The van der Waals surface area contributed by atoms with E-state index in [9.17, 15) is 5.26 Å². The van der Waals surface area contributed by atoms with Gasteiger partial charge in [-0.05, 0) is 117 Å². The second kappa shape index (κ2) is 16.2. The Labute approximate surface area is 413 Å². The maximum Gasteiger partial charge on any atom is 0.189 e. The number of nitrogens with zero attached hydrogens (tertiary/aromatic N) is 4. The summed E-state index contributed by atoms with van der Waals surface area (Å²) >= 11 is 0. The number of benzene rings is 12. The van der Waals surface area contributed by atoms with E-state index in [1.165, 1.54) is 0 Å². The number of hydrogen-bond donors (Lipinski definition) is 0. The Hall–Kier alpha value is -10.1. The molecule has 14 aromatic rings. The third-order valence-corrected chi connectivity index (χ3v) is 14.2. The summed E-state index contributed by atoms with van der Waals surface area (Å²) < 4.78 is 13.6. The molecule has 334 valence electrons. The smallest absolute Gasteiger partial charge is 0.189 e. The molecule has 0 atom stereocenters. The molecule has 0 fully saturated rings. The summed E-state index contributed by atoms with van der Waals surface area (Å²) in [6.45, 7) is 8.32. The van der Waals surface area contributed by atoms with Crippen molar-refractivity contribution in [2.24, 2.45) is 0 Å². The highest BCUT2D eigenvalue weighted by Crippen LogP contribution is 2.51. The number of hydrogen-bond acceptors (Lipinski definition) is 5. The zero-order chi connectivity index (χ0) is 47.9. The molecule has 0 saturated carbocycles. The van der Waals surface area contributed by atoms with Crippen molar-refractivity contribution in [3.05, 3.63) is 248 Å². The number of furan rings is 2. The molecule has 0 amide bonds. The van der Waals surface area contributed by atoms with Crippen LogP contribution in [-0.4, -0.2) is 0 Å². The van der Waals surface area contributed by atoms with Crippen LogP contribution in [0, 0.1) is 17.9 Å². The fourth-order valence-corrected chi connectivity index (χ4v) is 11.0. The number of rotatable bonds is 8. The molecule has 6 nitrogen and oxygen atoms in total. The van der Waals surface area contributed by atoms with E-state index in [4.69, 9.17) is 15.4 Å². The zero-order valence-corrected chi connectivity index (χ0v) is 38.5. The maximum atomic E-state index is 10.6. The predicted octanol–water partition coefficient (Wildman–Crippen LogP) is 19.1. The van der Waals surface area contributed by atoms with Crippen LogP contribution in [0.2, 0.25) is 0 Å². The van der Waals surface area contributed by atoms with Gasteiger partial charge in [0.05, 0.1) is 41.0 Å². The molecular formula is C66H38N4O2. The number of para-hydroxylation sites is 4. The lowest BCUT2D eigenvalue weighted by atomic mass is 9.91. The van der Waals surface area contributed by atoms with E-state index in [2.05, 4.69) is 154 Å². The molecule has 0 N–H and O–H groups in total.